The Morgan fingerprint density at radius 1 is 0.765 bits per heavy atom. The lowest BCUT2D eigenvalue weighted by atomic mass is 9.88. The average Bonchev–Trinajstić information content (AvgIpc) is 2.59. The number of nitrogens with one attached hydrogen (secondary N) is 2. The van der Waals surface area contributed by atoms with Gasteiger partial charge in [0.2, 0.25) is 0 Å². The normalized spacial score (nSPS) is 18.9. The molecule has 0 fully saturated rings. The fraction of sp³-hybridized carbons (Fsp3) is 0.733. The van der Waals surface area contributed by atoms with Crippen molar-refractivity contribution in [2.75, 3.05) is 13.1 Å². The van der Waals surface area contributed by atoms with Crippen molar-refractivity contribution in [1.29, 1.82) is 0 Å². The third-order valence-corrected chi connectivity index (χ3v) is 2.86. The average molecular weight is 236 g/mol. The van der Waals surface area contributed by atoms with Crippen LogP contribution >= 0.6 is 0 Å². The van der Waals surface area contributed by atoms with Crippen LogP contribution < -0.4 is 10.6 Å². The molecule has 0 aromatic carbocycles. The molecule has 0 amide bonds. The summed E-state index contributed by atoms with van der Waals surface area (Å²) in [5.74, 6) is 0. The second kappa shape index (κ2) is 4.95. The highest BCUT2D eigenvalue weighted by molar-refractivity contribution is 5.26. The Kier molecular flexibility index (Phi) is 4.21. The Balaban J connectivity index is 2.59. The minimum absolute atomic E-state index is 0.126. The van der Waals surface area contributed by atoms with Crippen molar-refractivity contribution in [3.8, 4) is 0 Å². The van der Waals surface area contributed by atoms with Crippen LogP contribution in [0.15, 0.2) is 24.3 Å². The quantitative estimate of drug-likeness (QED) is 0.784. The van der Waals surface area contributed by atoms with Crippen LogP contribution in [0.1, 0.15) is 41.5 Å². The van der Waals surface area contributed by atoms with E-state index in [-0.39, 0.29) is 16.5 Å². The highest BCUT2D eigenvalue weighted by Gasteiger charge is 2.28. The van der Waals surface area contributed by atoms with Gasteiger partial charge < -0.3 is 10.6 Å². The number of allylic oxidation sites excluding steroid dienone is 2. The molecular weight excluding hydrogens is 208 g/mol. The van der Waals surface area contributed by atoms with Gasteiger partial charge in [0, 0.05) is 29.6 Å². The van der Waals surface area contributed by atoms with E-state index in [4.69, 9.17) is 0 Å². The molecule has 17 heavy (non-hydrogen) atoms. The first kappa shape index (κ1) is 14.5. The van der Waals surface area contributed by atoms with Crippen LogP contribution in [0.4, 0.5) is 0 Å². The van der Waals surface area contributed by atoms with E-state index in [2.05, 4.69) is 76.5 Å². The van der Waals surface area contributed by atoms with Crippen molar-refractivity contribution >= 4 is 0 Å². The van der Waals surface area contributed by atoms with Gasteiger partial charge in [0.1, 0.15) is 0 Å². The maximum absolute atomic E-state index is 3.60. The lowest BCUT2D eigenvalue weighted by Crippen LogP contribution is -2.49. The van der Waals surface area contributed by atoms with Crippen LogP contribution in [0, 0.1) is 5.41 Å². The van der Waals surface area contributed by atoms with Crippen LogP contribution in [0.2, 0.25) is 0 Å². The maximum atomic E-state index is 3.60. The van der Waals surface area contributed by atoms with E-state index in [0.29, 0.717) is 0 Å². The highest BCUT2D eigenvalue weighted by atomic mass is 15.0. The zero-order valence-corrected chi connectivity index (χ0v) is 12.2. The van der Waals surface area contributed by atoms with Crippen LogP contribution in [0.5, 0.6) is 0 Å². The van der Waals surface area contributed by atoms with E-state index in [1.807, 2.05) is 0 Å². The number of rotatable bonds is 4. The van der Waals surface area contributed by atoms with E-state index >= 15 is 0 Å². The summed E-state index contributed by atoms with van der Waals surface area (Å²) in [6, 6.07) is 0. The fourth-order valence-electron chi connectivity index (χ4n) is 1.71. The second-order valence-corrected chi connectivity index (χ2v) is 7.16. The fourth-order valence-corrected chi connectivity index (χ4v) is 1.71. The van der Waals surface area contributed by atoms with Crippen molar-refractivity contribution < 1.29 is 0 Å². The summed E-state index contributed by atoms with van der Waals surface area (Å²) in [6.45, 7) is 15.2. The molecule has 0 aromatic heterocycles. The van der Waals surface area contributed by atoms with Gasteiger partial charge in [-0.1, -0.05) is 24.3 Å². The molecule has 0 radical (unpaired) electrons. The summed E-state index contributed by atoms with van der Waals surface area (Å²) in [5, 5.41) is 7.20. The Hall–Kier alpha value is -0.600. The maximum Gasteiger partial charge on any atom is 0.0317 e. The van der Waals surface area contributed by atoms with Gasteiger partial charge in [0.05, 0.1) is 0 Å². The summed E-state index contributed by atoms with van der Waals surface area (Å²) in [5.41, 5.74) is 0.457. The first-order valence-electron chi connectivity index (χ1n) is 6.49. The number of hydrogen-bond donors (Lipinski definition) is 2. The first-order valence-corrected chi connectivity index (χ1v) is 6.49. The zero-order chi connectivity index (χ0) is 13.2. The van der Waals surface area contributed by atoms with E-state index in [1.165, 1.54) is 0 Å². The van der Waals surface area contributed by atoms with E-state index in [0.717, 1.165) is 13.1 Å². The third kappa shape index (κ3) is 5.51. The molecule has 2 nitrogen and oxygen atoms in total. The summed E-state index contributed by atoms with van der Waals surface area (Å²) in [6.07, 6.45) is 8.89. The van der Waals surface area contributed by atoms with Crippen molar-refractivity contribution in [3.63, 3.8) is 0 Å². The van der Waals surface area contributed by atoms with Gasteiger partial charge in [-0.3, -0.25) is 0 Å². The predicted molar refractivity (Wildman–Crippen MR) is 76.2 cm³/mol. The molecule has 98 valence electrons. The molecule has 0 bridgehead atoms. The third-order valence-electron chi connectivity index (χ3n) is 2.86. The molecular formula is C15H28N2. The summed E-state index contributed by atoms with van der Waals surface area (Å²) >= 11 is 0. The van der Waals surface area contributed by atoms with Crippen molar-refractivity contribution in [1.82, 2.24) is 10.6 Å². The first-order chi connectivity index (χ1) is 7.62. The second-order valence-electron chi connectivity index (χ2n) is 7.16. The molecule has 0 spiro atoms. The van der Waals surface area contributed by atoms with Crippen LogP contribution in [0.3, 0.4) is 0 Å². The Bertz CT molecular complexity index is 268. The van der Waals surface area contributed by atoms with E-state index < -0.39 is 0 Å². The van der Waals surface area contributed by atoms with Gasteiger partial charge in [-0.2, -0.15) is 0 Å². The smallest absolute Gasteiger partial charge is 0.0317 e. The Morgan fingerprint density at radius 2 is 1.12 bits per heavy atom. The molecule has 0 aliphatic heterocycles. The zero-order valence-electron chi connectivity index (χ0n) is 12.2. The van der Waals surface area contributed by atoms with Crippen LogP contribution in [0.25, 0.3) is 0 Å². The van der Waals surface area contributed by atoms with Crippen LogP contribution in [-0.4, -0.2) is 24.2 Å². The molecule has 1 rings (SSSR count). The van der Waals surface area contributed by atoms with Crippen LogP contribution in [-0.2, 0) is 0 Å². The Labute approximate surface area is 107 Å². The van der Waals surface area contributed by atoms with E-state index in [9.17, 15) is 0 Å². The molecule has 1 aliphatic rings. The van der Waals surface area contributed by atoms with E-state index in [1.54, 1.807) is 0 Å². The molecule has 0 aromatic rings. The van der Waals surface area contributed by atoms with Crippen molar-refractivity contribution in [3.05, 3.63) is 24.3 Å². The minimum atomic E-state index is 0.126. The van der Waals surface area contributed by atoms with Gasteiger partial charge in [-0.15, -0.1) is 0 Å². The summed E-state index contributed by atoms with van der Waals surface area (Å²) in [4.78, 5) is 0. The predicted octanol–water partition coefficient (Wildman–Crippen LogP) is 2.88. The standard InChI is InChI=1S/C15H28N2/c1-13(2,3)16-11-15(9-7-8-10-15)12-17-14(4,5)6/h7-10,16-17H,11-12H2,1-6H3. The minimum Gasteiger partial charge on any atom is -0.311 e. The molecule has 0 unspecified atom stereocenters. The van der Waals surface area contributed by atoms with Gasteiger partial charge in [0.15, 0.2) is 0 Å². The molecule has 0 saturated heterocycles. The highest BCUT2D eigenvalue weighted by Crippen LogP contribution is 2.26. The largest absolute Gasteiger partial charge is 0.311 e. The Morgan fingerprint density at radius 3 is 1.41 bits per heavy atom. The molecule has 2 heteroatoms. The topological polar surface area (TPSA) is 24.1 Å². The van der Waals surface area contributed by atoms with Crippen molar-refractivity contribution in [2.45, 2.75) is 52.6 Å². The lowest BCUT2D eigenvalue weighted by molar-refractivity contribution is 0.310. The SMILES string of the molecule is CC(C)(C)NCC1(CNC(C)(C)C)C=CC=C1. The van der Waals surface area contributed by atoms with Gasteiger partial charge >= 0.3 is 0 Å². The molecule has 1 aliphatic carbocycles. The molecule has 0 atom stereocenters. The molecule has 2 N–H and O–H groups in total. The number of hydrogen-bond acceptors (Lipinski definition) is 2. The summed E-state index contributed by atoms with van der Waals surface area (Å²) < 4.78 is 0. The van der Waals surface area contributed by atoms with Gasteiger partial charge in [-0.25, -0.2) is 0 Å². The lowest BCUT2D eigenvalue weighted by Gasteiger charge is -2.34. The van der Waals surface area contributed by atoms with Crippen molar-refractivity contribution in [2.24, 2.45) is 5.41 Å². The molecule has 0 saturated carbocycles. The summed E-state index contributed by atoms with van der Waals surface area (Å²) in [7, 11) is 0. The molecule has 0 heterocycles. The van der Waals surface area contributed by atoms with Gasteiger partial charge in [-0.05, 0) is 41.5 Å². The monoisotopic (exact) mass is 236 g/mol. The van der Waals surface area contributed by atoms with Gasteiger partial charge in [0.25, 0.3) is 0 Å².